The van der Waals surface area contributed by atoms with Gasteiger partial charge in [-0.15, -0.1) is 0 Å². The first-order valence-corrected chi connectivity index (χ1v) is 5.55. The van der Waals surface area contributed by atoms with Crippen LogP contribution in [0.1, 0.15) is 22.3 Å². The molecule has 0 fully saturated rings. The van der Waals surface area contributed by atoms with E-state index in [9.17, 15) is 4.79 Å². The van der Waals surface area contributed by atoms with E-state index < -0.39 is 0 Å². The Balaban J connectivity index is 2.89. The van der Waals surface area contributed by atoms with E-state index in [1.54, 1.807) is 13.2 Å². The molecule has 0 saturated heterocycles. The summed E-state index contributed by atoms with van der Waals surface area (Å²) in [4.78, 5) is 12.0. The quantitative estimate of drug-likeness (QED) is 0.537. The molecule has 92 valence electrons. The highest BCUT2D eigenvalue weighted by Crippen LogP contribution is 2.21. The van der Waals surface area contributed by atoms with Crippen molar-refractivity contribution in [3.63, 3.8) is 0 Å². The number of aryl methyl sites for hydroxylation is 1. The van der Waals surface area contributed by atoms with Crippen LogP contribution < -0.4 is 4.74 Å². The fourth-order valence-electron chi connectivity index (χ4n) is 1.47. The number of benzene rings is 1. The fourth-order valence-corrected chi connectivity index (χ4v) is 1.47. The van der Waals surface area contributed by atoms with E-state index in [0.717, 1.165) is 5.56 Å². The van der Waals surface area contributed by atoms with Crippen LogP contribution in [0.5, 0.6) is 5.75 Å². The van der Waals surface area contributed by atoms with Crippen molar-refractivity contribution in [1.82, 2.24) is 0 Å². The standard InChI is InChI=1S/C14H18O3/c1-4-8-17-14-6-5-11(2)10-12(14)13(15)7-9-16-3/h4-6,10H,1,7-9H2,2-3H3. The van der Waals surface area contributed by atoms with Crippen LogP contribution in [0.25, 0.3) is 0 Å². The fraction of sp³-hybridized carbons (Fsp3) is 0.357. The summed E-state index contributed by atoms with van der Waals surface area (Å²) < 4.78 is 10.4. The molecule has 1 aromatic rings. The molecular formula is C14H18O3. The normalized spacial score (nSPS) is 10.0. The Morgan fingerprint density at radius 2 is 2.24 bits per heavy atom. The number of Topliss-reactive ketones (excluding diaryl/α,β-unsaturated/α-hetero) is 1. The van der Waals surface area contributed by atoms with Crippen molar-refractivity contribution >= 4 is 5.78 Å². The number of hydrogen-bond donors (Lipinski definition) is 0. The Hall–Kier alpha value is -1.61. The highest BCUT2D eigenvalue weighted by Gasteiger charge is 2.12. The molecule has 0 heterocycles. The predicted molar refractivity (Wildman–Crippen MR) is 67.7 cm³/mol. The van der Waals surface area contributed by atoms with Gasteiger partial charge in [-0.05, 0) is 19.1 Å². The summed E-state index contributed by atoms with van der Waals surface area (Å²) in [5.41, 5.74) is 1.65. The second-order valence-electron chi connectivity index (χ2n) is 3.77. The molecule has 1 aromatic carbocycles. The summed E-state index contributed by atoms with van der Waals surface area (Å²) in [6.45, 7) is 6.36. The molecule has 3 heteroatoms. The molecule has 0 aliphatic heterocycles. The Morgan fingerprint density at radius 3 is 2.88 bits per heavy atom. The van der Waals surface area contributed by atoms with Gasteiger partial charge in [0.25, 0.3) is 0 Å². The summed E-state index contributed by atoms with van der Waals surface area (Å²) in [5, 5.41) is 0. The predicted octanol–water partition coefficient (Wildman–Crippen LogP) is 2.78. The van der Waals surface area contributed by atoms with E-state index in [2.05, 4.69) is 6.58 Å². The minimum atomic E-state index is 0.0367. The molecule has 0 N–H and O–H groups in total. The molecular weight excluding hydrogens is 216 g/mol. The van der Waals surface area contributed by atoms with Crippen LogP contribution in [0.3, 0.4) is 0 Å². The summed E-state index contributed by atoms with van der Waals surface area (Å²) in [6.07, 6.45) is 2.02. The van der Waals surface area contributed by atoms with Crippen molar-refractivity contribution in [2.75, 3.05) is 20.3 Å². The van der Waals surface area contributed by atoms with Crippen molar-refractivity contribution in [1.29, 1.82) is 0 Å². The lowest BCUT2D eigenvalue weighted by molar-refractivity contribution is 0.0928. The molecule has 0 aromatic heterocycles. The van der Waals surface area contributed by atoms with Gasteiger partial charge in [-0.1, -0.05) is 24.3 Å². The monoisotopic (exact) mass is 234 g/mol. The second-order valence-corrected chi connectivity index (χ2v) is 3.77. The van der Waals surface area contributed by atoms with Gasteiger partial charge in [0.15, 0.2) is 5.78 Å². The number of ether oxygens (including phenoxy) is 2. The van der Waals surface area contributed by atoms with Crippen LogP contribution in [0, 0.1) is 6.92 Å². The van der Waals surface area contributed by atoms with Crippen LogP contribution in [-0.2, 0) is 4.74 Å². The molecule has 0 spiro atoms. The summed E-state index contributed by atoms with van der Waals surface area (Å²) in [6, 6.07) is 5.58. The molecule has 17 heavy (non-hydrogen) atoms. The molecule has 1 rings (SSSR count). The number of carbonyl (C=O) groups excluding carboxylic acids is 1. The van der Waals surface area contributed by atoms with E-state index >= 15 is 0 Å². The molecule has 0 saturated carbocycles. The Morgan fingerprint density at radius 1 is 1.47 bits per heavy atom. The molecule has 0 bridgehead atoms. The average Bonchev–Trinajstić information content (AvgIpc) is 2.34. The van der Waals surface area contributed by atoms with Gasteiger partial charge in [0.05, 0.1) is 12.2 Å². The zero-order chi connectivity index (χ0) is 12.7. The van der Waals surface area contributed by atoms with E-state index in [1.807, 2.05) is 25.1 Å². The minimum Gasteiger partial charge on any atom is -0.489 e. The van der Waals surface area contributed by atoms with E-state index in [1.165, 1.54) is 0 Å². The molecule has 3 nitrogen and oxygen atoms in total. The van der Waals surface area contributed by atoms with Crippen molar-refractivity contribution < 1.29 is 14.3 Å². The van der Waals surface area contributed by atoms with Crippen LogP contribution >= 0.6 is 0 Å². The van der Waals surface area contributed by atoms with Crippen molar-refractivity contribution in [3.8, 4) is 5.75 Å². The maximum Gasteiger partial charge on any atom is 0.168 e. The van der Waals surface area contributed by atoms with Crippen molar-refractivity contribution in [2.24, 2.45) is 0 Å². The van der Waals surface area contributed by atoms with Gasteiger partial charge >= 0.3 is 0 Å². The minimum absolute atomic E-state index is 0.0367. The highest BCUT2D eigenvalue weighted by molar-refractivity contribution is 5.98. The molecule has 0 atom stereocenters. The SMILES string of the molecule is C=CCOc1ccc(C)cc1C(=O)CCOC. The molecule has 0 aliphatic carbocycles. The smallest absolute Gasteiger partial charge is 0.168 e. The Kier molecular flexibility index (Phi) is 5.43. The number of carbonyl (C=O) groups is 1. The van der Waals surface area contributed by atoms with E-state index in [-0.39, 0.29) is 5.78 Å². The third-order valence-corrected chi connectivity index (χ3v) is 2.33. The number of methoxy groups -OCH3 is 1. The summed E-state index contributed by atoms with van der Waals surface area (Å²) >= 11 is 0. The molecule has 0 amide bonds. The molecule has 0 aliphatic rings. The van der Waals surface area contributed by atoms with Crippen LogP contribution in [0.2, 0.25) is 0 Å². The van der Waals surface area contributed by atoms with Crippen LogP contribution in [0.15, 0.2) is 30.9 Å². The lowest BCUT2D eigenvalue weighted by Crippen LogP contribution is -2.07. The van der Waals surface area contributed by atoms with E-state index in [4.69, 9.17) is 9.47 Å². The molecule has 0 radical (unpaired) electrons. The maximum absolute atomic E-state index is 12.0. The van der Waals surface area contributed by atoms with Gasteiger partial charge in [0.1, 0.15) is 12.4 Å². The van der Waals surface area contributed by atoms with Crippen molar-refractivity contribution in [2.45, 2.75) is 13.3 Å². The summed E-state index contributed by atoms with van der Waals surface area (Å²) in [5.74, 6) is 0.645. The second kappa shape index (κ2) is 6.86. The number of rotatable bonds is 7. The van der Waals surface area contributed by atoms with Gasteiger partial charge in [-0.2, -0.15) is 0 Å². The first kappa shape index (κ1) is 13.5. The third kappa shape index (κ3) is 4.04. The maximum atomic E-state index is 12.0. The Bertz CT molecular complexity index is 396. The first-order valence-electron chi connectivity index (χ1n) is 5.55. The zero-order valence-electron chi connectivity index (χ0n) is 10.4. The lowest BCUT2D eigenvalue weighted by atomic mass is 10.0. The van der Waals surface area contributed by atoms with Crippen molar-refractivity contribution in [3.05, 3.63) is 42.0 Å². The van der Waals surface area contributed by atoms with E-state index in [0.29, 0.717) is 30.9 Å². The third-order valence-electron chi connectivity index (χ3n) is 2.33. The Labute approximate surface area is 102 Å². The van der Waals surface area contributed by atoms with Crippen LogP contribution in [-0.4, -0.2) is 26.1 Å². The molecule has 0 unspecified atom stereocenters. The van der Waals surface area contributed by atoms with Crippen LogP contribution in [0.4, 0.5) is 0 Å². The average molecular weight is 234 g/mol. The summed E-state index contributed by atoms with van der Waals surface area (Å²) in [7, 11) is 1.58. The first-order chi connectivity index (χ1) is 8.19. The van der Waals surface area contributed by atoms with Gasteiger partial charge in [0, 0.05) is 13.5 Å². The highest BCUT2D eigenvalue weighted by atomic mass is 16.5. The van der Waals surface area contributed by atoms with Gasteiger partial charge in [-0.25, -0.2) is 0 Å². The topological polar surface area (TPSA) is 35.5 Å². The zero-order valence-corrected chi connectivity index (χ0v) is 10.4. The van der Waals surface area contributed by atoms with Gasteiger partial charge in [-0.3, -0.25) is 4.79 Å². The number of hydrogen-bond acceptors (Lipinski definition) is 3. The van der Waals surface area contributed by atoms with Gasteiger partial charge < -0.3 is 9.47 Å². The lowest BCUT2D eigenvalue weighted by Gasteiger charge is -2.10. The van der Waals surface area contributed by atoms with Gasteiger partial charge in [0.2, 0.25) is 0 Å². The number of ketones is 1. The largest absolute Gasteiger partial charge is 0.489 e.